The van der Waals surface area contributed by atoms with Gasteiger partial charge in [-0.2, -0.15) is 0 Å². The van der Waals surface area contributed by atoms with Crippen LogP contribution < -0.4 is 0 Å². The summed E-state index contributed by atoms with van der Waals surface area (Å²) < 4.78 is 24.1. The van der Waals surface area contributed by atoms with Gasteiger partial charge in [0.25, 0.3) is 0 Å². The molecule has 0 aromatic carbocycles. The van der Waals surface area contributed by atoms with Gasteiger partial charge in [-0.05, 0) is 27.7 Å². The number of piperidine rings is 1. The van der Waals surface area contributed by atoms with Gasteiger partial charge in [0.05, 0.1) is 7.11 Å². The zero-order valence-corrected chi connectivity index (χ0v) is 12.2. The van der Waals surface area contributed by atoms with Crippen LogP contribution >= 0.6 is 0 Å². The minimum atomic E-state index is -2.01. The van der Waals surface area contributed by atoms with Crippen molar-refractivity contribution < 1.29 is 23.5 Å². The van der Waals surface area contributed by atoms with E-state index in [1.54, 1.807) is 27.7 Å². The van der Waals surface area contributed by atoms with Gasteiger partial charge >= 0.3 is 12.1 Å². The summed E-state index contributed by atoms with van der Waals surface area (Å²) in [5.74, 6) is -0.872. The minimum Gasteiger partial charge on any atom is -0.467 e. The molecule has 1 fully saturated rings. The number of likely N-dealkylation sites (tertiary alicyclic amines) is 1. The Hall–Kier alpha value is -1.33. The van der Waals surface area contributed by atoms with Crippen molar-refractivity contribution >= 4 is 12.1 Å². The zero-order chi connectivity index (χ0) is 14.8. The summed E-state index contributed by atoms with van der Waals surface area (Å²) in [5.41, 5.74) is -2.60. The summed E-state index contributed by atoms with van der Waals surface area (Å²) in [6.45, 7) is 7.15. The Labute approximate surface area is 113 Å². The van der Waals surface area contributed by atoms with Gasteiger partial charge in [-0.1, -0.05) is 0 Å². The normalized spacial score (nSPS) is 27.9. The number of carbonyl (C=O) groups excluding carboxylic acids is 2. The van der Waals surface area contributed by atoms with E-state index in [1.165, 1.54) is 4.90 Å². The van der Waals surface area contributed by atoms with E-state index in [9.17, 15) is 14.0 Å². The second-order valence-corrected chi connectivity index (χ2v) is 5.93. The molecule has 1 aliphatic heterocycles. The van der Waals surface area contributed by atoms with Crippen LogP contribution in [0.15, 0.2) is 0 Å². The third kappa shape index (κ3) is 3.81. The van der Waals surface area contributed by atoms with Crippen molar-refractivity contribution in [3.63, 3.8) is 0 Å². The molecule has 0 aliphatic carbocycles. The van der Waals surface area contributed by atoms with Gasteiger partial charge in [0, 0.05) is 25.4 Å². The lowest BCUT2D eigenvalue weighted by Crippen LogP contribution is -2.54. The SMILES string of the molecule is COC(=O)C1(F)CCN(C(=O)OC(C)(C)C)C(C)C1. The van der Waals surface area contributed by atoms with E-state index in [0.29, 0.717) is 0 Å². The van der Waals surface area contributed by atoms with Crippen LogP contribution in [0.4, 0.5) is 9.18 Å². The van der Waals surface area contributed by atoms with Crippen LogP contribution in [0.25, 0.3) is 0 Å². The standard InChI is InChI=1S/C13H22FNO4/c1-9-8-13(14,10(16)18-5)6-7-15(9)11(17)19-12(2,3)4/h9H,6-8H2,1-5H3. The Morgan fingerprint density at radius 1 is 1.37 bits per heavy atom. The summed E-state index contributed by atoms with van der Waals surface area (Å²) in [6, 6.07) is -0.410. The average molecular weight is 275 g/mol. The number of nitrogens with zero attached hydrogens (tertiary/aromatic N) is 1. The lowest BCUT2D eigenvalue weighted by molar-refractivity contribution is -0.159. The smallest absolute Gasteiger partial charge is 0.410 e. The Morgan fingerprint density at radius 3 is 2.37 bits per heavy atom. The number of alkyl halides is 1. The van der Waals surface area contributed by atoms with Crippen molar-refractivity contribution in [3.05, 3.63) is 0 Å². The molecule has 1 heterocycles. The van der Waals surface area contributed by atoms with Crippen molar-refractivity contribution in [1.29, 1.82) is 0 Å². The highest BCUT2D eigenvalue weighted by Crippen LogP contribution is 2.32. The lowest BCUT2D eigenvalue weighted by atomic mass is 9.89. The van der Waals surface area contributed by atoms with Gasteiger partial charge < -0.3 is 14.4 Å². The first-order valence-electron chi connectivity index (χ1n) is 6.36. The fraction of sp³-hybridized carbons (Fsp3) is 0.846. The molecule has 0 aromatic heterocycles. The first kappa shape index (κ1) is 15.7. The monoisotopic (exact) mass is 275 g/mol. The first-order valence-corrected chi connectivity index (χ1v) is 6.36. The van der Waals surface area contributed by atoms with Gasteiger partial charge in [0.2, 0.25) is 5.67 Å². The van der Waals surface area contributed by atoms with E-state index in [4.69, 9.17) is 4.74 Å². The molecule has 5 nitrogen and oxygen atoms in total. The molecule has 0 radical (unpaired) electrons. The van der Waals surface area contributed by atoms with Crippen LogP contribution in [0, 0.1) is 0 Å². The molecule has 1 saturated heterocycles. The Bertz CT molecular complexity index is 366. The highest BCUT2D eigenvalue weighted by molar-refractivity contribution is 5.80. The summed E-state index contributed by atoms with van der Waals surface area (Å²) in [6.07, 6.45) is -0.616. The molecule has 19 heavy (non-hydrogen) atoms. The summed E-state index contributed by atoms with van der Waals surface area (Å²) in [5, 5.41) is 0. The zero-order valence-electron chi connectivity index (χ0n) is 12.2. The van der Waals surface area contributed by atoms with Crippen LogP contribution in [0.1, 0.15) is 40.5 Å². The molecule has 6 heteroatoms. The van der Waals surface area contributed by atoms with Crippen molar-refractivity contribution in [2.45, 2.75) is 57.8 Å². The van der Waals surface area contributed by atoms with E-state index in [0.717, 1.165) is 7.11 Å². The van der Waals surface area contributed by atoms with Gasteiger partial charge in [-0.25, -0.2) is 14.0 Å². The molecule has 0 spiro atoms. The van der Waals surface area contributed by atoms with Crippen molar-refractivity contribution in [2.24, 2.45) is 0 Å². The number of esters is 1. The van der Waals surface area contributed by atoms with Gasteiger partial charge in [0.1, 0.15) is 5.60 Å². The number of methoxy groups -OCH3 is 1. The molecule has 0 bridgehead atoms. The first-order chi connectivity index (χ1) is 8.59. The quantitative estimate of drug-likeness (QED) is 0.689. The van der Waals surface area contributed by atoms with E-state index in [2.05, 4.69) is 4.74 Å². The number of hydrogen-bond acceptors (Lipinski definition) is 4. The molecule has 1 rings (SSSR count). The second kappa shape index (κ2) is 5.35. The topological polar surface area (TPSA) is 55.8 Å². The average Bonchev–Trinajstić information content (AvgIpc) is 2.25. The Morgan fingerprint density at radius 2 is 1.95 bits per heavy atom. The molecule has 0 saturated carbocycles. The van der Waals surface area contributed by atoms with Crippen LogP contribution in [-0.4, -0.2) is 47.9 Å². The maximum absolute atomic E-state index is 14.3. The van der Waals surface area contributed by atoms with Crippen molar-refractivity contribution in [1.82, 2.24) is 4.90 Å². The number of halogens is 1. The van der Waals surface area contributed by atoms with Crippen LogP contribution in [0.5, 0.6) is 0 Å². The van der Waals surface area contributed by atoms with E-state index >= 15 is 0 Å². The number of hydrogen-bond donors (Lipinski definition) is 0. The Balaban J connectivity index is 2.70. The van der Waals surface area contributed by atoms with Crippen LogP contribution in [0.3, 0.4) is 0 Å². The lowest BCUT2D eigenvalue weighted by Gasteiger charge is -2.39. The molecular formula is C13H22FNO4. The van der Waals surface area contributed by atoms with Gasteiger partial charge in [-0.15, -0.1) is 0 Å². The molecule has 1 amide bonds. The van der Waals surface area contributed by atoms with Gasteiger partial charge in [-0.3, -0.25) is 0 Å². The molecular weight excluding hydrogens is 253 g/mol. The van der Waals surface area contributed by atoms with Crippen LogP contribution in [-0.2, 0) is 14.3 Å². The summed E-state index contributed by atoms with van der Waals surface area (Å²) in [7, 11) is 1.16. The molecule has 0 aromatic rings. The fourth-order valence-corrected chi connectivity index (χ4v) is 2.16. The predicted molar refractivity (Wildman–Crippen MR) is 67.5 cm³/mol. The predicted octanol–water partition coefficient (Wildman–Crippen LogP) is 2.29. The van der Waals surface area contributed by atoms with Crippen molar-refractivity contribution in [2.75, 3.05) is 13.7 Å². The number of amides is 1. The van der Waals surface area contributed by atoms with Crippen molar-refractivity contribution in [3.8, 4) is 0 Å². The molecule has 2 unspecified atom stereocenters. The van der Waals surface area contributed by atoms with E-state index in [-0.39, 0.29) is 19.4 Å². The third-order valence-electron chi connectivity index (χ3n) is 3.08. The minimum absolute atomic E-state index is 0.0662. The second-order valence-electron chi connectivity index (χ2n) is 5.93. The molecule has 110 valence electrons. The molecule has 0 N–H and O–H groups in total. The maximum atomic E-state index is 14.3. The molecule has 2 atom stereocenters. The summed E-state index contributed by atoms with van der Waals surface area (Å²) >= 11 is 0. The number of carbonyl (C=O) groups is 2. The van der Waals surface area contributed by atoms with E-state index < -0.39 is 29.4 Å². The number of ether oxygens (including phenoxy) is 2. The maximum Gasteiger partial charge on any atom is 0.410 e. The Kier molecular flexibility index (Phi) is 4.43. The largest absolute Gasteiger partial charge is 0.467 e. The highest BCUT2D eigenvalue weighted by Gasteiger charge is 2.47. The fourth-order valence-electron chi connectivity index (χ4n) is 2.16. The highest BCUT2D eigenvalue weighted by atomic mass is 19.1. The number of rotatable bonds is 1. The summed E-state index contributed by atoms with van der Waals surface area (Å²) in [4.78, 5) is 24.8. The third-order valence-corrected chi connectivity index (χ3v) is 3.08. The molecule has 1 aliphatic rings. The van der Waals surface area contributed by atoms with Crippen LogP contribution in [0.2, 0.25) is 0 Å². The van der Waals surface area contributed by atoms with Gasteiger partial charge in [0.15, 0.2) is 0 Å². The van der Waals surface area contributed by atoms with E-state index in [1.807, 2.05) is 0 Å².